The second-order valence-electron chi connectivity index (χ2n) is 3.27. The third-order valence-electron chi connectivity index (χ3n) is 2.48. The van der Waals surface area contributed by atoms with Gasteiger partial charge in [-0.15, -0.1) is 0 Å². The molecule has 1 saturated carbocycles. The summed E-state index contributed by atoms with van der Waals surface area (Å²) in [5.41, 5.74) is 5.22. The summed E-state index contributed by atoms with van der Waals surface area (Å²) in [5.74, 6) is 0.576. The monoisotopic (exact) mass is 141 g/mol. The standard InChI is InChI=1S/C8H15NO/c1-6-4-2-3-5-7(6)8(9)10/h6-7H,2-5H2,1H3,(H2,9,10)/t6?,7-/m1/s1. The minimum atomic E-state index is -0.104. The zero-order valence-corrected chi connectivity index (χ0v) is 6.47. The molecule has 1 aliphatic carbocycles. The number of rotatable bonds is 1. The van der Waals surface area contributed by atoms with Crippen molar-refractivity contribution in [3.8, 4) is 0 Å². The van der Waals surface area contributed by atoms with E-state index in [1.54, 1.807) is 0 Å². The van der Waals surface area contributed by atoms with Gasteiger partial charge in [-0.2, -0.15) is 0 Å². The Morgan fingerprint density at radius 1 is 1.40 bits per heavy atom. The summed E-state index contributed by atoms with van der Waals surface area (Å²) in [6.45, 7) is 2.12. The minimum Gasteiger partial charge on any atom is -0.369 e. The summed E-state index contributed by atoms with van der Waals surface area (Å²) in [6.07, 6.45) is 4.63. The van der Waals surface area contributed by atoms with Gasteiger partial charge in [0.05, 0.1) is 0 Å². The average Bonchev–Trinajstić information content (AvgIpc) is 1.88. The third kappa shape index (κ3) is 1.49. The molecular weight excluding hydrogens is 126 g/mol. The van der Waals surface area contributed by atoms with E-state index >= 15 is 0 Å². The van der Waals surface area contributed by atoms with Gasteiger partial charge in [-0.1, -0.05) is 19.8 Å². The highest BCUT2D eigenvalue weighted by Crippen LogP contribution is 2.28. The molecule has 1 amide bonds. The van der Waals surface area contributed by atoms with E-state index in [1.165, 1.54) is 19.3 Å². The van der Waals surface area contributed by atoms with E-state index in [1.807, 2.05) is 0 Å². The minimum absolute atomic E-state index is 0.104. The van der Waals surface area contributed by atoms with E-state index in [0.717, 1.165) is 6.42 Å². The van der Waals surface area contributed by atoms with Crippen LogP contribution in [0.1, 0.15) is 32.6 Å². The van der Waals surface area contributed by atoms with Crippen LogP contribution in [0.2, 0.25) is 0 Å². The average molecular weight is 141 g/mol. The number of amides is 1. The molecule has 0 radical (unpaired) electrons. The smallest absolute Gasteiger partial charge is 0.220 e. The number of hydrogen-bond acceptors (Lipinski definition) is 1. The molecule has 0 bridgehead atoms. The zero-order valence-electron chi connectivity index (χ0n) is 6.47. The molecular formula is C8H15NO. The number of carbonyl (C=O) groups excluding carboxylic acids is 1. The van der Waals surface area contributed by atoms with Gasteiger partial charge in [0.2, 0.25) is 5.91 Å². The van der Waals surface area contributed by atoms with E-state index in [9.17, 15) is 4.79 Å². The Bertz CT molecular complexity index is 133. The normalized spacial score (nSPS) is 33.7. The highest BCUT2D eigenvalue weighted by atomic mass is 16.1. The Morgan fingerprint density at radius 2 is 2.00 bits per heavy atom. The number of nitrogens with two attached hydrogens (primary N) is 1. The van der Waals surface area contributed by atoms with Crippen LogP contribution in [0.15, 0.2) is 0 Å². The number of primary amides is 1. The summed E-state index contributed by atoms with van der Waals surface area (Å²) in [6, 6.07) is 0. The van der Waals surface area contributed by atoms with E-state index in [4.69, 9.17) is 5.73 Å². The van der Waals surface area contributed by atoms with Gasteiger partial charge in [0.25, 0.3) is 0 Å². The maximum atomic E-state index is 10.8. The van der Waals surface area contributed by atoms with Crippen LogP contribution in [-0.2, 0) is 4.79 Å². The fraction of sp³-hybridized carbons (Fsp3) is 0.875. The topological polar surface area (TPSA) is 43.1 Å². The lowest BCUT2D eigenvalue weighted by molar-refractivity contribution is -0.124. The molecule has 0 spiro atoms. The van der Waals surface area contributed by atoms with Crippen molar-refractivity contribution < 1.29 is 4.79 Å². The van der Waals surface area contributed by atoms with E-state index in [0.29, 0.717) is 5.92 Å². The van der Waals surface area contributed by atoms with Crippen molar-refractivity contribution in [3.05, 3.63) is 0 Å². The van der Waals surface area contributed by atoms with Crippen molar-refractivity contribution >= 4 is 5.91 Å². The second-order valence-corrected chi connectivity index (χ2v) is 3.27. The lowest BCUT2D eigenvalue weighted by atomic mass is 9.80. The molecule has 58 valence electrons. The Hall–Kier alpha value is -0.530. The first-order valence-corrected chi connectivity index (χ1v) is 4.01. The van der Waals surface area contributed by atoms with Gasteiger partial charge in [-0.05, 0) is 18.8 Å². The van der Waals surface area contributed by atoms with Gasteiger partial charge in [0.15, 0.2) is 0 Å². The van der Waals surface area contributed by atoms with Crippen LogP contribution in [0.3, 0.4) is 0 Å². The summed E-state index contributed by atoms with van der Waals surface area (Å²) in [7, 11) is 0. The Kier molecular flexibility index (Phi) is 2.30. The van der Waals surface area contributed by atoms with Crippen LogP contribution in [0.5, 0.6) is 0 Å². The lowest BCUT2D eigenvalue weighted by Crippen LogP contribution is -2.30. The van der Waals surface area contributed by atoms with Gasteiger partial charge in [-0.3, -0.25) is 4.79 Å². The highest BCUT2D eigenvalue weighted by Gasteiger charge is 2.25. The van der Waals surface area contributed by atoms with E-state index in [2.05, 4.69) is 6.92 Å². The zero-order chi connectivity index (χ0) is 7.56. The lowest BCUT2D eigenvalue weighted by Gasteiger charge is -2.25. The van der Waals surface area contributed by atoms with Crippen molar-refractivity contribution in [1.82, 2.24) is 0 Å². The first kappa shape index (κ1) is 7.58. The number of carbonyl (C=O) groups is 1. The molecule has 2 heteroatoms. The summed E-state index contributed by atoms with van der Waals surface area (Å²) < 4.78 is 0. The second kappa shape index (κ2) is 3.04. The van der Waals surface area contributed by atoms with Crippen molar-refractivity contribution in [2.75, 3.05) is 0 Å². The molecule has 0 aromatic rings. The van der Waals surface area contributed by atoms with Crippen molar-refractivity contribution in [1.29, 1.82) is 0 Å². The molecule has 0 aromatic carbocycles. The predicted octanol–water partition coefficient (Wildman–Crippen LogP) is 1.30. The summed E-state index contributed by atoms with van der Waals surface area (Å²) in [5, 5.41) is 0. The molecule has 0 saturated heterocycles. The summed E-state index contributed by atoms with van der Waals surface area (Å²) in [4.78, 5) is 10.8. The first-order chi connectivity index (χ1) is 4.72. The predicted molar refractivity (Wildman–Crippen MR) is 40.3 cm³/mol. The molecule has 10 heavy (non-hydrogen) atoms. The van der Waals surface area contributed by atoms with Crippen LogP contribution in [-0.4, -0.2) is 5.91 Å². The van der Waals surface area contributed by atoms with Gasteiger partial charge >= 0.3 is 0 Å². The van der Waals surface area contributed by atoms with E-state index < -0.39 is 0 Å². The summed E-state index contributed by atoms with van der Waals surface area (Å²) >= 11 is 0. The Labute approximate surface area is 61.8 Å². The van der Waals surface area contributed by atoms with Crippen LogP contribution >= 0.6 is 0 Å². The largest absolute Gasteiger partial charge is 0.369 e. The fourth-order valence-electron chi connectivity index (χ4n) is 1.74. The van der Waals surface area contributed by atoms with E-state index in [-0.39, 0.29) is 11.8 Å². The Morgan fingerprint density at radius 3 is 2.40 bits per heavy atom. The molecule has 1 fully saturated rings. The maximum absolute atomic E-state index is 10.8. The molecule has 1 unspecified atom stereocenters. The fourth-order valence-corrected chi connectivity index (χ4v) is 1.74. The number of hydrogen-bond donors (Lipinski definition) is 1. The Balaban J connectivity index is 2.47. The SMILES string of the molecule is CC1CCCC[C@H]1C(N)=O. The van der Waals surface area contributed by atoms with Gasteiger partial charge in [-0.25, -0.2) is 0 Å². The van der Waals surface area contributed by atoms with Gasteiger partial charge in [0, 0.05) is 5.92 Å². The molecule has 2 nitrogen and oxygen atoms in total. The van der Waals surface area contributed by atoms with Crippen LogP contribution in [0, 0.1) is 11.8 Å². The third-order valence-corrected chi connectivity index (χ3v) is 2.48. The maximum Gasteiger partial charge on any atom is 0.220 e. The first-order valence-electron chi connectivity index (χ1n) is 4.01. The molecule has 1 aliphatic rings. The molecule has 2 atom stereocenters. The van der Waals surface area contributed by atoms with Crippen LogP contribution in [0.4, 0.5) is 0 Å². The van der Waals surface area contributed by atoms with Crippen molar-refractivity contribution in [3.63, 3.8) is 0 Å². The molecule has 2 N–H and O–H groups in total. The van der Waals surface area contributed by atoms with Gasteiger partial charge in [0.1, 0.15) is 0 Å². The molecule has 1 rings (SSSR count). The van der Waals surface area contributed by atoms with Crippen molar-refractivity contribution in [2.45, 2.75) is 32.6 Å². The molecule has 0 aromatic heterocycles. The van der Waals surface area contributed by atoms with Gasteiger partial charge < -0.3 is 5.73 Å². The quantitative estimate of drug-likeness (QED) is 0.587. The molecule has 0 aliphatic heterocycles. The van der Waals surface area contributed by atoms with Crippen LogP contribution < -0.4 is 5.73 Å². The van der Waals surface area contributed by atoms with Crippen molar-refractivity contribution in [2.24, 2.45) is 17.6 Å². The molecule has 0 heterocycles. The van der Waals surface area contributed by atoms with Crippen LogP contribution in [0.25, 0.3) is 0 Å². The highest BCUT2D eigenvalue weighted by molar-refractivity contribution is 5.76.